The summed E-state index contributed by atoms with van der Waals surface area (Å²) >= 11 is 5.82. The Labute approximate surface area is 141 Å². The normalized spacial score (nSPS) is 17.9. The van der Waals surface area contributed by atoms with Gasteiger partial charge in [-0.3, -0.25) is 4.79 Å². The lowest BCUT2D eigenvalue weighted by atomic mass is 9.94. The van der Waals surface area contributed by atoms with Crippen molar-refractivity contribution in [3.05, 3.63) is 34.9 Å². The van der Waals surface area contributed by atoms with Gasteiger partial charge in [0.2, 0.25) is 5.91 Å². The summed E-state index contributed by atoms with van der Waals surface area (Å²) in [6.45, 7) is 6.02. The van der Waals surface area contributed by atoms with Crippen molar-refractivity contribution in [2.24, 2.45) is 5.92 Å². The van der Waals surface area contributed by atoms with Gasteiger partial charge in [-0.2, -0.15) is 0 Å². The van der Waals surface area contributed by atoms with E-state index >= 15 is 0 Å². The van der Waals surface area contributed by atoms with Crippen LogP contribution in [0.3, 0.4) is 0 Å². The van der Waals surface area contributed by atoms with E-state index in [9.17, 15) is 14.7 Å². The molecule has 1 fully saturated rings. The number of halogens is 1. The lowest BCUT2D eigenvalue weighted by Gasteiger charge is -2.34. The van der Waals surface area contributed by atoms with Crippen LogP contribution >= 0.6 is 11.6 Å². The zero-order valence-electron chi connectivity index (χ0n) is 13.5. The number of likely N-dealkylation sites (tertiary alicyclic amines) is 1. The smallest absolute Gasteiger partial charge is 0.330 e. The van der Waals surface area contributed by atoms with E-state index < -0.39 is 12.0 Å². The first kappa shape index (κ1) is 17.8. The first-order valence-electron chi connectivity index (χ1n) is 7.91. The number of carbonyl (C=O) groups excluding carboxylic acids is 1. The minimum atomic E-state index is -1.07. The standard InChI is InChI=1S/C17H23ClN2O3/c1-11(2)20-9-7-13(8-10-20)16(21)19-15(17(22)23)12-3-5-14(18)6-4-12/h3-6,11,13,15H,7-10H2,1-2H3,(H,19,21)(H,22,23)/t15-/m0/s1. The molecule has 0 unspecified atom stereocenters. The molecule has 5 nitrogen and oxygen atoms in total. The summed E-state index contributed by atoms with van der Waals surface area (Å²) in [5.74, 6) is -1.38. The molecule has 1 aliphatic heterocycles. The Morgan fingerprint density at radius 3 is 2.26 bits per heavy atom. The van der Waals surface area contributed by atoms with Crippen LogP contribution in [0.4, 0.5) is 0 Å². The Kier molecular flexibility index (Phi) is 6.02. The SMILES string of the molecule is CC(C)N1CCC(C(=O)N[C@H](C(=O)O)c2ccc(Cl)cc2)CC1. The molecule has 126 valence electrons. The molecule has 2 rings (SSSR count). The Bertz CT molecular complexity index is 551. The quantitative estimate of drug-likeness (QED) is 0.866. The minimum absolute atomic E-state index is 0.126. The third-order valence-corrected chi connectivity index (χ3v) is 4.62. The zero-order valence-corrected chi connectivity index (χ0v) is 14.2. The summed E-state index contributed by atoms with van der Waals surface area (Å²) in [5.41, 5.74) is 0.523. The van der Waals surface area contributed by atoms with E-state index in [-0.39, 0.29) is 11.8 Å². The van der Waals surface area contributed by atoms with Crippen LogP contribution in [-0.2, 0) is 9.59 Å². The molecule has 1 aromatic carbocycles. The van der Waals surface area contributed by atoms with Crippen molar-refractivity contribution < 1.29 is 14.7 Å². The van der Waals surface area contributed by atoms with Gasteiger partial charge in [0, 0.05) is 17.0 Å². The lowest BCUT2D eigenvalue weighted by Crippen LogP contribution is -2.44. The highest BCUT2D eigenvalue weighted by molar-refractivity contribution is 6.30. The van der Waals surface area contributed by atoms with E-state index in [4.69, 9.17) is 11.6 Å². The van der Waals surface area contributed by atoms with Gasteiger partial charge in [-0.25, -0.2) is 4.79 Å². The number of nitrogens with zero attached hydrogens (tertiary/aromatic N) is 1. The molecule has 23 heavy (non-hydrogen) atoms. The molecular formula is C17H23ClN2O3. The summed E-state index contributed by atoms with van der Waals surface area (Å²) in [7, 11) is 0. The van der Waals surface area contributed by atoms with Gasteiger partial charge in [0.1, 0.15) is 0 Å². The molecule has 0 aromatic heterocycles. The largest absolute Gasteiger partial charge is 0.479 e. The first-order chi connectivity index (χ1) is 10.9. The Morgan fingerprint density at radius 2 is 1.78 bits per heavy atom. The molecule has 2 N–H and O–H groups in total. The maximum absolute atomic E-state index is 12.4. The number of amides is 1. The van der Waals surface area contributed by atoms with Crippen molar-refractivity contribution in [1.82, 2.24) is 10.2 Å². The van der Waals surface area contributed by atoms with Crippen LogP contribution < -0.4 is 5.32 Å². The van der Waals surface area contributed by atoms with Gasteiger partial charge in [0.05, 0.1) is 0 Å². The predicted octanol–water partition coefficient (Wildman–Crippen LogP) is 2.70. The van der Waals surface area contributed by atoms with Crippen LogP contribution in [0.15, 0.2) is 24.3 Å². The number of piperidine rings is 1. The van der Waals surface area contributed by atoms with E-state index in [1.54, 1.807) is 24.3 Å². The monoisotopic (exact) mass is 338 g/mol. The third kappa shape index (κ3) is 4.69. The molecule has 0 radical (unpaired) electrons. The van der Waals surface area contributed by atoms with Gasteiger partial charge in [-0.1, -0.05) is 23.7 Å². The number of hydrogen-bond acceptors (Lipinski definition) is 3. The molecule has 1 saturated heterocycles. The van der Waals surface area contributed by atoms with E-state index in [1.807, 2.05) is 0 Å². The molecule has 1 atom stereocenters. The number of carboxylic acids is 1. The second kappa shape index (κ2) is 7.79. The van der Waals surface area contributed by atoms with Gasteiger partial charge in [-0.15, -0.1) is 0 Å². The Hall–Kier alpha value is -1.59. The molecule has 6 heteroatoms. The van der Waals surface area contributed by atoms with E-state index in [0.29, 0.717) is 16.6 Å². The minimum Gasteiger partial charge on any atom is -0.479 e. The van der Waals surface area contributed by atoms with Crippen molar-refractivity contribution in [2.75, 3.05) is 13.1 Å². The van der Waals surface area contributed by atoms with Crippen LogP contribution in [-0.4, -0.2) is 41.0 Å². The second-order valence-corrected chi connectivity index (χ2v) is 6.67. The molecule has 1 heterocycles. The van der Waals surface area contributed by atoms with Crippen LogP contribution in [0, 0.1) is 5.92 Å². The summed E-state index contributed by atoms with van der Waals surface area (Å²) in [4.78, 5) is 26.2. The highest BCUT2D eigenvalue weighted by atomic mass is 35.5. The van der Waals surface area contributed by atoms with Gasteiger partial charge in [0.25, 0.3) is 0 Å². The van der Waals surface area contributed by atoms with Crippen molar-refractivity contribution in [2.45, 2.75) is 38.8 Å². The molecule has 0 saturated carbocycles. The summed E-state index contributed by atoms with van der Waals surface area (Å²) in [6, 6.07) is 5.94. The fraction of sp³-hybridized carbons (Fsp3) is 0.529. The molecule has 1 amide bonds. The number of hydrogen-bond donors (Lipinski definition) is 2. The summed E-state index contributed by atoms with van der Waals surface area (Å²) in [6.07, 6.45) is 1.52. The van der Waals surface area contributed by atoms with Crippen LogP contribution in [0.25, 0.3) is 0 Å². The summed E-state index contributed by atoms with van der Waals surface area (Å²) < 4.78 is 0. The fourth-order valence-corrected chi connectivity index (χ4v) is 3.01. The molecule has 1 aliphatic rings. The average molecular weight is 339 g/mol. The third-order valence-electron chi connectivity index (χ3n) is 4.37. The van der Waals surface area contributed by atoms with Gasteiger partial charge >= 0.3 is 5.97 Å². The van der Waals surface area contributed by atoms with Crippen molar-refractivity contribution in [1.29, 1.82) is 0 Å². The van der Waals surface area contributed by atoms with Gasteiger partial charge in [0.15, 0.2) is 6.04 Å². The Balaban J connectivity index is 1.99. The molecule has 0 spiro atoms. The van der Waals surface area contributed by atoms with Crippen molar-refractivity contribution in [3.63, 3.8) is 0 Å². The maximum atomic E-state index is 12.4. The van der Waals surface area contributed by atoms with Crippen LogP contribution in [0.2, 0.25) is 5.02 Å². The first-order valence-corrected chi connectivity index (χ1v) is 8.29. The number of benzene rings is 1. The van der Waals surface area contributed by atoms with Crippen LogP contribution in [0.1, 0.15) is 38.3 Å². The predicted molar refractivity (Wildman–Crippen MR) is 89.4 cm³/mol. The lowest BCUT2D eigenvalue weighted by molar-refractivity contribution is -0.143. The molecule has 1 aromatic rings. The zero-order chi connectivity index (χ0) is 17.0. The topological polar surface area (TPSA) is 69.6 Å². The van der Waals surface area contributed by atoms with Crippen LogP contribution in [0.5, 0.6) is 0 Å². The molecular weight excluding hydrogens is 316 g/mol. The van der Waals surface area contributed by atoms with E-state index in [0.717, 1.165) is 25.9 Å². The van der Waals surface area contributed by atoms with Crippen molar-refractivity contribution in [3.8, 4) is 0 Å². The number of aliphatic carboxylic acids is 1. The highest BCUT2D eigenvalue weighted by Gasteiger charge is 2.29. The van der Waals surface area contributed by atoms with E-state index in [1.165, 1.54) is 0 Å². The van der Waals surface area contributed by atoms with E-state index in [2.05, 4.69) is 24.1 Å². The Morgan fingerprint density at radius 1 is 1.22 bits per heavy atom. The number of carboxylic acid groups (broad SMARTS) is 1. The number of rotatable bonds is 5. The van der Waals surface area contributed by atoms with Gasteiger partial charge in [-0.05, 0) is 57.5 Å². The maximum Gasteiger partial charge on any atom is 0.330 e. The number of nitrogens with one attached hydrogen (secondary N) is 1. The second-order valence-electron chi connectivity index (χ2n) is 6.24. The fourth-order valence-electron chi connectivity index (χ4n) is 2.88. The van der Waals surface area contributed by atoms with Gasteiger partial charge < -0.3 is 15.3 Å². The molecule has 0 bridgehead atoms. The summed E-state index contributed by atoms with van der Waals surface area (Å²) in [5, 5.41) is 12.6. The van der Waals surface area contributed by atoms with Crippen molar-refractivity contribution >= 4 is 23.5 Å². The average Bonchev–Trinajstić information content (AvgIpc) is 2.53. The number of carbonyl (C=O) groups is 2. The highest BCUT2D eigenvalue weighted by Crippen LogP contribution is 2.22. The molecule has 0 aliphatic carbocycles.